The summed E-state index contributed by atoms with van der Waals surface area (Å²) >= 11 is 5.93. The van der Waals surface area contributed by atoms with E-state index >= 15 is 0 Å². The van der Waals surface area contributed by atoms with Crippen LogP contribution in [-0.4, -0.2) is 68.2 Å². The van der Waals surface area contributed by atoms with E-state index in [0.29, 0.717) is 12.3 Å². The summed E-state index contributed by atoms with van der Waals surface area (Å²) < 4.78 is 82.2. The molecule has 1 aromatic heterocycles. The van der Waals surface area contributed by atoms with Crippen molar-refractivity contribution >= 4 is 33.8 Å². The van der Waals surface area contributed by atoms with E-state index in [0.717, 1.165) is 0 Å². The van der Waals surface area contributed by atoms with Crippen LogP contribution in [0.5, 0.6) is 17.4 Å². The van der Waals surface area contributed by atoms with Crippen LogP contribution >= 0.6 is 11.6 Å². The van der Waals surface area contributed by atoms with E-state index < -0.39 is 51.4 Å². The molecule has 2 aromatic rings. The Balaban J connectivity index is 2.39. The summed E-state index contributed by atoms with van der Waals surface area (Å²) in [4.78, 5) is 26.3. The second kappa shape index (κ2) is 13.5. The molecular weight excluding hydrogens is 561 g/mol. The van der Waals surface area contributed by atoms with Crippen molar-refractivity contribution in [2.24, 2.45) is 0 Å². The Morgan fingerprint density at radius 3 is 2.47 bits per heavy atom. The highest BCUT2D eigenvalue weighted by Gasteiger charge is 2.32. The van der Waals surface area contributed by atoms with Crippen LogP contribution in [0.1, 0.15) is 18.1 Å². The van der Waals surface area contributed by atoms with E-state index in [2.05, 4.69) is 10.3 Å². The first-order valence-electron chi connectivity index (χ1n) is 10.6. The lowest BCUT2D eigenvalue weighted by Gasteiger charge is -2.21. The maximum Gasteiger partial charge on any atom is 0.422 e. The van der Waals surface area contributed by atoms with Gasteiger partial charge in [-0.05, 0) is 18.2 Å². The van der Waals surface area contributed by atoms with Gasteiger partial charge in [0.25, 0.3) is 0 Å². The lowest BCUT2D eigenvalue weighted by atomic mass is 10.2. The van der Waals surface area contributed by atoms with Gasteiger partial charge in [0.05, 0.1) is 18.7 Å². The zero-order valence-corrected chi connectivity index (χ0v) is 21.6. The average Bonchev–Trinajstić information content (AvgIpc) is 2.81. The van der Waals surface area contributed by atoms with Crippen LogP contribution in [0.25, 0.3) is 0 Å². The summed E-state index contributed by atoms with van der Waals surface area (Å²) in [6.45, 7) is 0.396. The van der Waals surface area contributed by atoms with Crippen molar-refractivity contribution in [1.82, 2.24) is 19.3 Å². The van der Waals surface area contributed by atoms with Crippen molar-refractivity contribution in [2.45, 2.75) is 19.6 Å². The minimum absolute atomic E-state index is 0.0171. The maximum atomic E-state index is 13.0. The van der Waals surface area contributed by atoms with E-state index in [4.69, 9.17) is 25.8 Å². The van der Waals surface area contributed by atoms with E-state index in [1.54, 1.807) is 0 Å². The summed E-state index contributed by atoms with van der Waals surface area (Å²) in [5, 5.41) is 11.4. The monoisotopic (exact) mass is 584 g/mol. The normalized spacial score (nSPS) is 11.6. The zero-order valence-electron chi connectivity index (χ0n) is 20.0. The Hall–Kier alpha value is -3.34. The highest BCUT2D eigenvalue weighted by atomic mass is 35.5. The van der Waals surface area contributed by atoms with Crippen molar-refractivity contribution in [3.63, 3.8) is 0 Å². The third kappa shape index (κ3) is 9.20. The van der Waals surface area contributed by atoms with Crippen LogP contribution < -0.4 is 19.5 Å². The smallest absolute Gasteiger partial charge is 0.422 e. The van der Waals surface area contributed by atoms with Gasteiger partial charge in [-0.1, -0.05) is 11.6 Å². The number of pyridine rings is 1. The number of aromatic nitrogens is 1. The van der Waals surface area contributed by atoms with Gasteiger partial charge in [-0.15, -0.1) is 0 Å². The highest BCUT2D eigenvalue weighted by molar-refractivity contribution is 7.87. The predicted molar refractivity (Wildman–Crippen MR) is 127 cm³/mol. The molecular formula is C21H24ClF3N4O8S. The van der Waals surface area contributed by atoms with Gasteiger partial charge >= 0.3 is 22.5 Å². The standard InChI is InChI=1S/C21H24ClF3N4O8S/c1-13(30)26-5-6-28-38(33,34)29(20(31)32)12-14-3-4-16(36-8-7-35-2)10-18(14)37-19-17(22)9-15(11-27-19)21(23,24)25/h3-4,9-11,28H,5-8,12H2,1-2H3,(H,26,30)(H,31,32). The molecule has 0 aliphatic carbocycles. The third-order valence-corrected chi connectivity index (χ3v) is 6.24. The van der Waals surface area contributed by atoms with Crippen LogP contribution in [0.4, 0.5) is 18.0 Å². The number of nitrogens with one attached hydrogen (secondary N) is 2. The Morgan fingerprint density at radius 2 is 1.89 bits per heavy atom. The molecule has 0 unspecified atom stereocenters. The molecule has 0 aliphatic heterocycles. The van der Waals surface area contributed by atoms with E-state index in [1.807, 2.05) is 4.72 Å². The van der Waals surface area contributed by atoms with E-state index in [9.17, 15) is 36.3 Å². The predicted octanol–water partition coefficient (Wildman–Crippen LogP) is 3.02. The molecule has 38 heavy (non-hydrogen) atoms. The van der Waals surface area contributed by atoms with Gasteiger partial charge in [-0.2, -0.15) is 30.6 Å². The SMILES string of the molecule is COCCOc1ccc(CN(C(=O)O)S(=O)(=O)NCCNC(C)=O)c(Oc2ncc(C(F)(F)F)cc2Cl)c1. The van der Waals surface area contributed by atoms with Gasteiger partial charge < -0.3 is 24.6 Å². The van der Waals surface area contributed by atoms with Gasteiger partial charge in [0.2, 0.25) is 11.8 Å². The summed E-state index contributed by atoms with van der Waals surface area (Å²) in [6, 6.07) is 4.56. The first kappa shape index (κ1) is 30.9. The number of rotatable bonds is 13. The fourth-order valence-electron chi connectivity index (χ4n) is 2.76. The molecule has 0 saturated heterocycles. The van der Waals surface area contributed by atoms with Gasteiger partial charge in [-0.25, -0.2) is 9.78 Å². The first-order valence-corrected chi connectivity index (χ1v) is 12.5. The topological polar surface area (TPSA) is 156 Å². The van der Waals surface area contributed by atoms with Crippen molar-refractivity contribution in [3.8, 4) is 17.4 Å². The molecule has 210 valence electrons. The number of hydrogen-bond donors (Lipinski definition) is 3. The molecule has 0 radical (unpaired) electrons. The molecule has 0 bridgehead atoms. The fraction of sp³-hybridized carbons (Fsp3) is 0.381. The lowest BCUT2D eigenvalue weighted by Crippen LogP contribution is -2.45. The summed E-state index contributed by atoms with van der Waals surface area (Å²) in [6.07, 6.45) is -6.06. The molecule has 2 amide bonds. The molecule has 0 aliphatic rings. The second-order valence-electron chi connectivity index (χ2n) is 7.39. The summed E-state index contributed by atoms with van der Waals surface area (Å²) in [5.41, 5.74) is -1.14. The summed E-state index contributed by atoms with van der Waals surface area (Å²) in [5.74, 6) is -0.853. The van der Waals surface area contributed by atoms with E-state index in [1.165, 1.54) is 32.2 Å². The number of nitrogens with zero attached hydrogens (tertiary/aromatic N) is 2. The summed E-state index contributed by atoms with van der Waals surface area (Å²) in [7, 11) is -3.15. The van der Waals surface area contributed by atoms with Crippen molar-refractivity contribution in [2.75, 3.05) is 33.4 Å². The first-order chi connectivity index (χ1) is 17.7. The Bertz CT molecular complexity index is 1250. The van der Waals surface area contributed by atoms with Gasteiger partial charge in [0.15, 0.2) is 0 Å². The van der Waals surface area contributed by atoms with Gasteiger partial charge in [0.1, 0.15) is 23.1 Å². The van der Waals surface area contributed by atoms with Crippen molar-refractivity contribution in [1.29, 1.82) is 0 Å². The molecule has 2 rings (SSSR count). The number of carboxylic acid groups (broad SMARTS) is 1. The molecule has 0 saturated carbocycles. The number of benzene rings is 1. The molecule has 1 heterocycles. The molecule has 1 aromatic carbocycles. The highest BCUT2D eigenvalue weighted by Crippen LogP contribution is 2.36. The zero-order chi connectivity index (χ0) is 28.5. The van der Waals surface area contributed by atoms with Crippen LogP contribution in [0, 0.1) is 0 Å². The number of hydrogen-bond acceptors (Lipinski definition) is 8. The molecule has 12 nitrogen and oxygen atoms in total. The van der Waals surface area contributed by atoms with Gasteiger partial charge in [-0.3, -0.25) is 4.79 Å². The third-order valence-electron chi connectivity index (χ3n) is 4.54. The van der Waals surface area contributed by atoms with Crippen LogP contribution in [-0.2, 0) is 32.5 Å². The Labute approximate surface area is 220 Å². The van der Waals surface area contributed by atoms with Gasteiger partial charge in [0, 0.05) is 44.9 Å². The molecule has 17 heteroatoms. The average molecular weight is 585 g/mol. The number of methoxy groups -OCH3 is 1. The molecule has 0 atom stereocenters. The van der Waals surface area contributed by atoms with Crippen LogP contribution in [0.3, 0.4) is 0 Å². The maximum absolute atomic E-state index is 13.0. The largest absolute Gasteiger partial charge is 0.491 e. The van der Waals surface area contributed by atoms with Crippen molar-refractivity contribution in [3.05, 3.63) is 46.6 Å². The molecule has 3 N–H and O–H groups in total. The van der Waals surface area contributed by atoms with Crippen LogP contribution in [0.2, 0.25) is 5.02 Å². The lowest BCUT2D eigenvalue weighted by molar-refractivity contribution is -0.137. The minimum atomic E-state index is -4.71. The quantitative estimate of drug-likeness (QED) is 0.301. The number of ether oxygens (including phenoxy) is 3. The Kier molecular flexibility index (Phi) is 10.9. The number of carbonyl (C=O) groups is 2. The Morgan fingerprint density at radius 1 is 1.18 bits per heavy atom. The minimum Gasteiger partial charge on any atom is -0.491 e. The van der Waals surface area contributed by atoms with E-state index in [-0.39, 0.29) is 47.7 Å². The fourth-order valence-corrected chi connectivity index (χ4v) is 3.99. The van der Waals surface area contributed by atoms with Crippen LogP contribution in [0.15, 0.2) is 30.5 Å². The number of amides is 2. The second-order valence-corrected chi connectivity index (χ2v) is 9.48. The number of carbonyl (C=O) groups excluding carboxylic acids is 1. The number of alkyl halides is 3. The number of halogens is 4. The molecule has 0 fully saturated rings. The molecule has 0 spiro atoms. The van der Waals surface area contributed by atoms with Crippen molar-refractivity contribution < 1.29 is 50.5 Å².